The van der Waals surface area contributed by atoms with Crippen LogP contribution in [0.25, 0.3) is 0 Å². The van der Waals surface area contributed by atoms with Crippen molar-refractivity contribution in [3.05, 3.63) is 28.2 Å². The van der Waals surface area contributed by atoms with Crippen molar-refractivity contribution in [3.63, 3.8) is 0 Å². The second-order valence-electron chi connectivity index (χ2n) is 4.69. The van der Waals surface area contributed by atoms with Crippen LogP contribution >= 0.6 is 15.9 Å². The molecular formula is C12H19BrN2. The van der Waals surface area contributed by atoms with Gasteiger partial charge in [-0.1, -0.05) is 29.8 Å². The Morgan fingerprint density at radius 1 is 1.40 bits per heavy atom. The predicted octanol–water partition coefficient (Wildman–Crippen LogP) is 3.15. The maximum atomic E-state index is 5.68. The van der Waals surface area contributed by atoms with Crippen molar-refractivity contribution in [2.24, 2.45) is 11.1 Å². The van der Waals surface area contributed by atoms with Gasteiger partial charge in [-0.25, -0.2) is 0 Å². The van der Waals surface area contributed by atoms with Crippen LogP contribution in [0.3, 0.4) is 0 Å². The molecule has 2 nitrogen and oxygen atoms in total. The van der Waals surface area contributed by atoms with Gasteiger partial charge in [0.1, 0.15) is 0 Å². The molecule has 0 unspecified atom stereocenters. The molecule has 1 aromatic carbocycles. The molecule has 0 atom stereocenters. The molecule has 3 heteroatoms. The van der Waals surface area contributed by atoms with Crippen LogP contribution in [0.1, 0.15) is 19.4 Å². The van der Waals surface area contributed by atoms with E-state index in [1.807, 2.05) is 0 Å². The van der Waals surface area contributed by atoms with E-state index in [1.165, 1.54) is 5.56 Å². The number of hydrogen-bond donors (Lipinski definition) is 2. The molecule has 1 rings (SSSR count). The fourth-order valence-electron chi connectivity index (χ4n) is 1.17. The summed E-state index contributed by atoms with van der Waals surface area (Å²) >= 11 is 3.49. The molecule has 3 N–H and O–H groups in total. The van der Waals surface area contributed by atoms with Crippen LogP contribution in [0, 0.1) is 12.3 Å². The van der Waals surface area contributed by atoms with Gasteiger partial charge in [-0.2, -0.15) is 0 Å². The maximum Gasteiger partial charge on any atom is 0.0343 e. The van der Waals surface area contributed by atoms with Crippen LogP contribution in [0.5, 0.6) is 0 Å². The average molecular weight is 271 g/mol. The number of rotatable bonds is 4. The van der Waals surface area contributed by atoms with Gasteiger partial charge in [0.2, 0.25) is 0 Å². The lowest BCUT2D eigenvalue weighted by atomic mass is 9.94. The Morgan fingerprint density at radius 2 is 2.07 bits per heavy atom. The first-order valence-corrected chi connectivity index (χ1v) is 5.94. The molecule has 0 fully saturated rings. The van der Waals surface area contributed by atoms with Crippen LogP contribution in [0.15, 0.2) is 22.7 Å². The summed E-state index contributed by atoms with van der Waals surface area (Å²) < 4.78 is 1.14. The van der Waals surface area contributed by atoms with Crippen molar-refractivity contribution < 1.29 is 0 Å². The van der Waals surface area contributed by atoms with E-state index in [0.717, 1.165) is 16.7 Å². The van der Waals surface area contributed by atoms with Crippen molar-refractivity contribution in [1.82, 2.24) is 0 Å². The number of aryl methyl sites for hydroxylation is 1. The first-order valence-electron chi connectivity index (χ1n) is 5.15. The van der Waals surface area contributed by atoms with Crippen LogP contribution in [0.4, 0.5) is 5.69 Å². The maximum absolute atomic E-state index is 5.68. The summed E-state index contributed by atoms with van der Waals surface area (Å²) in [5, 5.41) is 3.40. The zero-order valence-electron chi connectivity index (χ0n) is 9.60. The van der Waals surface area contributed by atoms with E-state index < -0.39 is 0 Å². The van der Waals surface area contributed by atoms with Crippen LogP contribution < -0.4 is 11.1 Å². The van der Waals surface area contributed by atoms with E-state index in [4.69, 9.17) is 5.73 Å². The quantitative estimate of drug-likeness (QED) is 0.882. The molecule has 15 heavy (non-hydrogen) atoms. The van der Waals surface area contributed by atoms with Crippen molar-refractivity contribution in [3.8, 4) is 0 Å². The van der Waals surface area contributed by atoms with Crippen molar-refractivity contribution >= 4 is 21.6 Å². The normalized spacial score (nSPS) is 11.5. The third-order valence-electron chi connectivity index (χ3n) is 2.48. The fourth-order valence-corrected chi connectivity index (χ4v) is 1.41. The zero-order chi connectivity index (χ0) is 11.5. The third-order valence-corrected chi connectivity index (χ3v) is 3.37. The van der Waals surface area contributed by atoms with E-state index in [1.54, 1.807) is 0 Å². The summed E-state index contributed by atoms with van der Waals surface area (Å²) in [6.45, 7) is 7.99. The highest BCUT2D eigenvalue weighted by Gasteiger charge is 2.14. The molecule has 84 valence electrons. The van der Waals surface area contributed by atoms with E-state index in [2.05, 4.69) is 60.2 Å². The minimum Gasteiger partial charge on any atom is -0.384 e. The minimum absolute atomic E-state index is 0.140. The summed E-state index contributed by atoms with van der Waals surface area (Å²) in [7, 11) is 0. The summed E-state index contributed by atoms with van der Waals surface area (Å²) in [6, 6.07) is 6.27. The Balaban J connectivity index is 2.62. The highest BCUT2D eigenvalue weighted by Crippen LogP contribution is 2.21. The Kier molecular flexibility index (Phi) is 4.17. The topological polar surface area (TPSA) is 38.0 Å². The summed E-state index contributed by atoms with van der Waals surface area (Å²) in [5.41, 5.74) is 8.21. The van der Waals surface area contributed by atoms with Gasteiger partial charge in [-0.3, -0.25) is 0 Å². The van der Waals surface area contributed by atoms with E-state index in [9.17, 15) is 0 Å². The molecule has 0 spiro atoms. The van der Waals surface area contributed by atoms with E-state index in [0.29, 0.717) is 6.54 Å². The van der Waals surface area contributed by atoms with Gasteiger partial charge in [0, 0.05) is 16.7 Å². The molecule has 0 heterocycles. The van der Waals surface area contributed by atoms with Crippen LogP contribution in [0.2, 0.25) is 0 Å². The number of benzene rings is 1. The number of halogens is 1. The Bertz CT molecular complexity index is 334. The van der Waals surface area contributed by atoms with E-state index >= 15 is 0 Å². The summed E-state index contributed by atoms with van der Waals surface area (Å²) in [4.78, 5) is 0. The lowest BCUT2D eigenvalue weighted by molar-refractivity contribution is 0.405. The summed E-state index contributed by atoms with van der Waals surface area (Å²) in [6.07, 6.45) is 0. The standard InChI is InChI=1S/C12H19BrN2/c1-9-6-10(4-5-11(9)13)15-8-12(2,3)7-14/h4-6,15H,7-8,14H2,1-3H3. The fraction of sp³-hybridized carbons (Fsp3) is 0.500. The Labute approximate surface area is 100 Å². The molecule has 0 bridgehead atoms. The van der Waals surface area contributed by atoms with Gasteiger partial charge in [0.05, 0.1) is 0 Å². The SMILES string of the molecule is Cc1cc(NCC(C)(C)CN)ccc1Br. The lowest BCUT2D eigenvalue weighted by Crippen LogP contribution is -2.31. The highest BCUT2D eigenvalue weighted by atomic mass is 79.9. The first-order chi connectivity index (χ1) is 6.94. The number of hydrogen-bond acceptors (Lipinski definition) is 2. The van der Waals surface area contributed by atoms with Crippen LogP contribution in [-0.2, 0) is 0 Å². The molecule has 1 aromatic rings. The Morgan fingerprint density at radius 3 is 2.60 bits per heavy atom. The second kappa shape index (κ2) is 4.99. The molecule has 0 aliphatic carbocycles. The monoisotopic (exact) mass is 270 g/mol. The van der Waals surface area contributed by atoms with E-state index in [-0.39, 0.29) is 5.41 Å². The molecule has 0 aromatic heterocycles. The second-order valence-corrected chi connectivity index (χ2v) is 5.54. The van der Waals surface area contributed by atoms with Gasteiger partial charge >= 0.3 is 0 Å². The minimum atomic E-state index is 0.140. The third kappa shape index (κ3) is 3.84. The molecule has 0 saturated heterocycles. The molecule has 0 radical (unpaired) electrons. The van der Waals surface area contributed by atoms with Crippen molar-refractivity contribution in [2.45, 2.75) is 20.8 Å². The van der Waals surface area contributed by atoms with Gasteiger partial charge in [0.25, 0.3) is 0 Å². The lowest BCUT2D eigenvalue weighted by Gasteiger charge is -2.23. The number of nitrogens with one attached hydrogen (secondary N) is 1. The van der Waals surface area contributed by atoms with Crippen LogP contribution in [-0.4, -0.2) is 13.1 Å². The summed E-state index contributed by atoms with van der Waals surface area (Å²) in [5.74, 6) is 0. The highest BCUT2D eigenvalue weighted by molar-refractivity contribution is 9.10. The molecular weight excluding hydrogens is 252 g/mol. The molecule has 0 aliphatic heterocycles. The number of nitrogens with two attached hydrogens (primary N) is 1. The Hall–Kier alpha value is -0.540. The predicted molar refractivity (Wildman–Crippen MR) is 70.2 cm³/mol. The van der Waals surface area contributed by atoms with Crippen molar-refractivity contribution in [1.29, 1.82) is 0 Å². The van der Waals surface area contributed by atoms with Gasteiger partial charge in [-0.15, -0.1) is 0 Å². The molecule has 0 saturated carbocycles. The zero-order valence-corrected chi connectivity index (χ0v) is 11.2. The number of anilines is 1. The smallest absolute Gasteiger partial charge is 0.0343 e. The van der Waals surface area contributed by atoms with Gasteiger partial charge < -0.3 is 11.1 Å². The molecule has 0 amide bonds. The van der Waals surface area contributed by atoms with Crippen molar-refractivity contribution in [2.75, 3.05) is 18.4 Å². The van der Waals surface area contributed by atoms with Gasteiger partial charge in [-0.05, 0) is 42.6 Å². The van der Waals surface area contributed by atoms with Gasteiger partial charge in [0.15, 0.2) is 0 Å². The first kappa shape index (κ1) is 12.5. The largest absolute Gasteiger partial charge is 0.384 e. The average Bonchev–Trinajstić information content (AvgIpc) is 2.20. The molecule has 0 aliphatic rings.